The van der Waals surface area contributed by atoms with E-state index in [1.165, 1.54) is 0 Å². The highest BCUT2D eigenvalue weighted by Crippen LogP contribution is 2.26. The maximum atomic E-state index is 14.1. The molecule has 1 aromatic carbocycles. The fourth-order valence-electron chi connectivity index (χ4n) is 3.52. The molecule has 2 heterocycles. The summed E-state index contributed by atoms with van der Waals surface area (Å²) in [5.74, 6) is 0.528. The van der Waals surface area contributed by atoms with Gasteiger partial charge in [-0.1, -0.05) is 0 Å². The van der Waals surface area contributed by atoms with Crippen molar-refractivity contribution in [1.29, 1.82) is 0 Å². The third-order valence-electron chi connectivity index (χ3n) is 4.76. The van der Waals surface area contributed by atoms with Gasteiger partial charge < -0.3 is 10.6 Å². The summed E-state index contributed by atoms with van der Waals surface area (Å²) in [6.07, 6.45) is 3.30. The Morgan fingerprint density at radius 2 is 2.13 bits per heavy atom. The van der Waals surface area contributed by atoms with Crippen LogP contribution in [0.1, 0.15) is 31.7 Å². The van der Waals surface area contributed by atoms with Crippen molar-refractivity contribution in [3.05, 3.63) is 23.5 Å². The van der Waals surface area contributed by atoms with E-state index in [2.05, 4.69) is 15.1 Å². The third kappa shape index (κ3) is 3.80. The van der Waals surface area contributed by atoms with E-state index in [0.29, 0.717) is 23.4 Å². The summed E-state index contributed by atoms with van der Waals surface area (Å²) in [7, 11) is 0. The van der Waals surface area contributed by atoms with Crippen LogP contribution in [0.5, 0.6) is 0 Å². The Morgan fingerprint density at radius 3 is 2.83 bits per heavy atom. The molecular weight excluding hydrogens is 298 g/mol. The number of H-pyrrole nitrogens is 1. The minimum atomic E-state index is -0.761. The smallest absolute Gasteiger partial charge is 0.156 e. The van der Waals surface area contributed by atoms with Crippen LogP contribution in [-0.2, 0) is 6.42 Å². The van der Waals surface area contributed by atoms with Gasteiger partial charge in [-0.3, -0.25) is 5.10 Å². The predicted octanol–water partition coefficient (Wildman–Crippen LogP) is 3.29. The zero-order chi connectivity index (χ0) is 16.4. The number of halogens is 2. The van der Waals surface area contributed by atoms with Crippen molar-refractivity contribution < 1.29 is 8.78 Å². The number of anilines is 1. The standard InChI is InChI=1S/C17H24F2N4/c1-11(18)10-23-6-4-12(5-7-23)2-3-13-8-14(19)16-15(9-13)21-22-17(16)20/h8-9,11-12H,2-7,10H2,1H3,(H3,20,21,22). The van der Waals surface area contributed by atoms with Gasteiger partial charge in [0.25, 0.3) is 0 Å². The number of fused-ring (bicyclic) bond motifs is 1. The molecule has 1 aromatic heterocycles. The summed E-state index contributed by atoms with van der Waals surface area (Å²) in [6, 6.07) is 3.50. The molecule has 1 fully saturated rings. The first kappa shape index (κ1) is 16.2. The van der Waals surface area contributed by atoms with Crippen LogP contribution in [0.25, 0.3) is 10.9 Å². The first-order valence-corrected chi connectivity index (χ1v) is 8.31. The Morgan fingerprint density at radius 1 is 1.39 bits per heavy atom. The average molecular weight is 322 g/mol. The Kier molecular flexibility index (Phi) is 4.80. The molecule has 126 valence electrons. The first-order chi connectivity index (χ1) is 11.0. The van der Waals surface area contributed by atoms with Crippen molar-refractivity contribution in [1.82, 2.24) is 15.1 Å². The summed E-state index contributed by atoms with van der Waals surface area (Å²) in [4.78, 5) is 2.19. The van der Waals surface area contributed by atoms with Crippen LogP contribution in [-0.4, -0.2) is 40.9 Å². The van der Waals surface area contributed by atoms with Crippen molar-refractivity contribution in [3.8, 4) is 0 Å². The van der Waals surface area contributed by atoms with E-state index >= 15 is 0 Å². The molecule has 1 unspecified atom stereocenters. The highest BCUT2D eigenvalue weighted by molar-refractivity contribution is 5.89. The second-order valence-corrected chi connectivity index (χ2v) is 6.67. The number of nitrogens with two attached hydrogens (primary N) is 1. The number of nitrogen functional groups attached to an aromatic ring is 1. The lowest BCUT2D eigenvalue weighted by Crippen LogP contribution is -2.37. The maximum Gasteiger partial charge on any atom is 0.156 e. The number of alkyl halides is 1. The van der Waals surface area contributed by atoms with Gasteiger partial charge in [-0.15, -0.1) is 0 Å². The zero-order valence-corrected chi connectivity index (χ0v) is 13.5. The lowest BCUT2D eigenvalue weighted by atomic mass is 9.90. The van der Waals surface area contributed by atoms with Crippen molar-refractivity contribution >= 4 is 16.7 Å². The number of nitrogens with zero attached hydrogens (tertiary/aromatic N) is 2. The van der Waals surface area contributed by atoms with E-state index in [1.807, 2.05) is 6.07 Å². The SMILES string of the molecule is CC(F)CN1CCC(CCc2cc(F)c3c(N)n[nH]c3c2)CC1. The number of aromatic amines is 1. The number of likely N-dealkylation sites (tertiary alicyclic amines) is 1. The summed E-state index contributed by atoms with van der Waals surface area (Å²) in [5.41, 5.74) is 7.28. The second-order valence-electron chi connectivity index (χ2n) is 6.67. The molecule has 1 aliphatic heterocycles. The number of aromatic nitrogens is 2. The second kappa shape index (κ2) is 6.83. The van der Waals surface area contributed by atoms with Gasteiger partial charge in [0.1, 0.15) is 12.0 Å². The van der Waals surface area contributed by atoms with Crippen molar-refractivity contribution in [3.63, 3.8) is 0 Å². The monoisotopic (exact) mass is 322 g/mol. The number of piperidine rings is 1. The summed E-state index contributed by atoms with van der Waals surface area (Å²) >= 11 is 0. The molecule has 0 saturated carbocycles. The summed E-state index contributed by atoms with van der Waals surface area (Å²) in [6.45, 7) is 4.07. The van der Waals surface area contributed by atoms with Gasteiger partial charge in [0.15, 0.2) is 5.82 Å². The Bertz CT molecular complexity index is 660. The van der Waals surface area contributed by atoms with E-state index < -0.39 is 6.17 Å². The normalized spacial score (nSPS) is 18.6. The van der Waals surface area contributed by atoms with Crippen LogP contribution in [0.4, 0.5) is 14.6 Å². The van der Waals surface area contributed by atoms with Gasteiger partial charge in [0, 0.05) is 6.54 Å². The van der Waals surface area contributed by atoms with Crippen molar-refractivity contribution in [2.24, 2.45) is 5.92 Å². The highest BCUT2D eigenvalue weighted by Gasteiger charge is 2.20. The molecule has 1 saturated heterocycles. The summed E-state index contributed by atoms with van der Waals surface area (Å²) in [5, 5.41) is 7.01. The molecule has 3 rings (SSSR count). The number of nitrogens with one attached hydrogen (secondary N) is 1. The largest absolute Gasteiger partial charge is 0.382 e. The number of aryl methyl sites for hydroxylation is 1. The van der Waals surface area contributed by atoms with Crippen molar-refractivity contribution in [2.75, 3.05) is 25.4 Å². The lowest BCUT2D eigenvalue weighted by Gasteiger charge is -2.32. The molecule has 0 aliphatic carbocycles. The summed E-state index contributed by atoms with van der Waals surface area (Å²) < 4.78 is 27.1. The molecule has 1 aliphatic rings. The Hall–Kier alpha value is -1.69. The molecule has 6 heteroatoms. The van der Waals surface area contributed by atoms with Gasteiger partial charge >= 0.3 is 0 Å². The molecular formula is C17H24F2N4. The first-order valence-electron chi connectivity index (χ1n) is 8.31. The van der Waals surface area contributed by atoms with Crippen LogP contribution >= 0.6 is 0 Å². The number of hydrogen-bond donors (Lipinski definition) is 2. The maximum absolute atomic E-state index is 14.1. The fourth-order valence-corrected chi connectivity index (χ4v) is 3.52. The number of benzene rings is 1. The van der Waals surface area contributed by atoms with E-state index in [-0.39, 0.29) is 11.6 Å². The molecule has 0 radical (unpaired) electrons. The van der Waals surface area contributed by atoms with Crippen LogP contribution in [0.3, 0.4) is 0 Å². The highest BCUT2D eigenvalue weighted by atomic mass is 19.1. The molecule has 23 heavy (non-hydrogen) atoms. The van der Waals surface area contributed by atoms with Crippen LogP contribution in [0.2, 0.25) is 0 Å². The van der Waals surface area contributed by atoms with Crippen LogP contribution in [0, 0.1) is 11.7 Å². The number of hydrogen-bond acceptors (Lipinski definition) is 3. The average Bonchev–Trinajstić information content (AvgIpc) is 2.88. The van der Waals surface area contributed by atoms with Crippen molar-refractivity contribution in [2.45, 2.75) is 38.8 Å². The molecule has 2 aromatic rings. The molecule has 4 nitrogen and oxygen atoms in total. The van der Waals surface area contributed by atoms with E-state index in [9.17, 15) is 8.78 Å². The fraction of sp³-hybridized carbons (Fsp3) is 0.588. The van der Waals surface area contributed by atoms with Crippen LogP contribution in [0.15, 0.2) is 12.1 Å². The van der Waals surface area contributed by atoms with Crippen LogP contribution < -0.4 is 5.73 Å². The molecule has 1 atom stereocenters. The predicted molar refractivity (Wildman–Crippen MR) is 88.5 cm³/mol. The molecule has 0 amide bonds. The van der Waals surface area contributed by atoms with Gasteiger partial charge in [0.05, 0.1) is 10.9 Å². The quantitative estimate of drug-likeness (QED) is 0.888. The minimum Gasteiger partial charge on any atom is -0.382 e. The zero-order valence-electron chi connectivity index (χ0n) is 13.5. The van der Waals surface area contributed by atoms with E-state index in [4.69, 9.17) is 5.73 Å². The molecule has 0 spiro atoms. The van der Waals surface area contributed by atoms with Gasteiger partial charge in [0.2, 0.25) is 0 Å². The van der Waals surface area contributed by atoms with Gasteiger partial charge in [-0.2, -0.15) is 5.10 Å². The molecule has 3 N–H and O–H groups in total. The minimum absolute atomic E-state index is 0.207. The Balaban J connectivity index is 1.55. The van der Waals surface area contributed by atoms with E-state index in [0.717, 1.165) is 44.3 Å². The topological polar surface area (TPSA) is 57.9 Å². The third-order valence-corrected chi connectivity index (χ3v) is 4.76. The van der Waals surface area contributed by atoms with Gasteiger partial charge in [-0.25, -0.2) is 8.78 Å². The lowest BCUT2D eigenvalue weighted by molar-refractivity contribution is 0.144. The van der Waals surface area contributed by atoms with E-state index in [1.54, 1.807) is 13.0 Å². The molecule has 0 bridgehead atoms. The van der Waals surface area contributed by atoms with Gasteiger partial charge in [-0.05, 0) is 69.3 Å². The Labute approximate surface area is 135 Å². The number of rotatable bonds is 5.